The zero-order valence-electron chi connectivity index (χ0n) is 10.6. The molecule has 0 spiro atoms. The van der Waals surface area contributed by atoms with Gasteiger partial charge in [0.15, 0.2) is 16.9 Å². The number of hydrogen-bond acceptors (Lipinski definition) is 8. The van der Waals surface area contributed by atoms with Crippen LogP contribution < -0.4 is 10.9 Å². The van der Waals surface area contributed by atoms with E-state index in [0.29, 0.717) is 0 Å². The van der Waals surface area contributed by atoms with Crippen molar-refractivity contribution in [2.45, 2.75) is 0 Å². The Labute approximate surface area is 119 Å². The van der Waals surface area contributed by atoms with Crippen molar-refractivity contribution in [2.75, 3.05) is 0 Å². The van der Waals surface area contributed by atoms with Crippen LogP contribution in [-0.4, -0.2) is 20.4 Å². The van der Waals surface area contributed by atoms with E-state index in [0.717, 1.165) is 12.1 Å². The van der Waals surface area contributed by atoms with E-state index in [9.17, 15) is 30.0 Å². The first-order chi connectivity index (χ1) is 10.4. The van der Waals surface area contributed by atoms with Crippen molar-refractivity contribution in [2.24, 2.45) is 0 Å². The first-order valence-electron chi connectivity index (χ1n) is 6.02. The minimum atomic E-state index is -0.938. The second kappa shape index (κ2) is 3.61. The molecule has 2 heterocycles. The van der Waals surface area contributed by atoms with Crippen LogP contribution in [0.15, 0.2) is 30.6 Å². The van der Waals surface area contributed by atoms with Crippen molar-refractivity contribution in [1.29, 1.82) is 0 Å². The van der Waals surface area contributed by atoms with Gasteiger partial charge in [-0.2, -0.15) is 0 Å². The molecule has 0 bridgehead atoms. The smallest absolute Gasteiger partial charge is 0.294 e. The standard InChI is InChI=1S/C14H6O8/c15-4-2-6(17)11-9-7-3(13(19)21-11)1-5(16)10(18)12(7)22-14(20)8(4)9/h1-2,15-16,19-20H. The van der Waals surface area contributed by atoms with Gasteiger partial charge in [0.2, 0.25) is 5.43 Å². The molecule has 0 saturated heterocycles. The molecule has 0 aliphatic heterocycles. The number of phenolic OH excluding ortho intramolecular Hbond substituents is 2. The first kappa shape index (κ1) is 12.3. The van der Waals surface area contributed by atoms with E-state index in [-0.39, 0.29) is 27.1 Å². The number of rotatable bonds is 0. The molecule has 4 aromatic rings. The lowest BCUT2D eigenvalue weighted by atomic mass is 10.0. The van der Waals surface area contributed by atoms with Crippen LogP contribution in [0.25, 0.3) is 32.7 Å². The Morgan fingerprint density at radius 1 is 0.727 bits per heavy atom. The van der Waals surface area contributed by atoms with E-state index in [1.807, 2.05) is 0 Å². The monoisotopic (exact) mass is 302 g/mol. The molecule has 0 aliphatic carbocycles. The summed E-state index contributed by atoms with van der Waals surface area (Å²) in [5, 5.41) is 38.8. The average Bonchev–Trinajstić information content (AvgIpc) is 2.45. The third kappa shape index (κ3) is 1.26. The maximum Gasteiger partial charge on any atom is 0.294 e. The summed E-state index contributed by atoms with van der Waals surface area (Å²) in [4.78, 5) is 23.9. The summed E-state index contributed by atoms with van der Waals surface area (Å²) in [7, 11) is 0. The minimum absolute atomic E-state index is 0.0395. The number of hydrogen-bond donors (Lipinski definition) is 4. The topological polar surface area (TPSA) is 141 Å². The van der Waals surface area contributed by atoms with Crippen molar-refractivity contribution in [1.82, 2.24) is 0 Å². The van der Waals surface area contributed by atoms with Gasteiger partial charge in [-0.05, 0) is 6.07 Å². The van der Waals surface area contributed by atoms with Crippen molar-refractivity contribution in [3.05, 3.63) is 32.6 Å². The van der Waals surface area contributed by atoms with Gasteiger partial charge in [-0.1, -0.05) is 0 Å². The molecule has 0 unspecified atom stereocenters. The molecule has 22 heavy (non-hydrogen) atoms. The quantitative estimate of drug-likeness (QED) is 0.356. The van der Waals surface area contributed by atoms with Gasteiger partial charge in [0, 0.05) is 11.5 Å². The van der Waals surface area contributed by atoms with Crippen LogP contribution in [0.4, 0.5) is 0 Å². The Morgan fingerprint density at radius 3 is 2.14 bits per heavy atom. The van der Waals surface area contributed by atoms with Crippen molar-refractivity contribution >= 4 is 32.7 Å². The largest absolute Gasteiger partial charge is 0.507 e. The summed E-state index contributed by atoms with van der Waals surface area (Å²) in [5.74, 6) is -2.83. The van der Waals surface area contributed by atoms with Gasteiger partial charge in [0.25, 0.3) is 17.3 Å². The molecule has 110 valence electrons. The molecular weight excluding hydrogens is 296 g/mol. The maximum atomic E-state index is 12.0. The Morgan fingerprint density at radius 2 is 1.41 bits per heavy atom. The molecule has 0 atom stereocenters. The third-order valence-electron chi connectivity index (χ3n) is 3.53. The average molecular weight is 302 g/mol. The van der Waals surface area contributed by atoms with E-state index in [2.05, 4.69) is 0 Å². The van der Waals surface area contributed by atoms with Crippen LogP contribution in [0.3, 0.4) is 0 Å². The highest BCUT2D eigenvalue weighted by Gasteiger charge is 2.25. The molecule has 4 rings (SSSR count). The fraction of sp³-hybridized carbons (Fsp3) is 0. The highest BCUT2D eigenvalue weighted by Crippen LogP contribution is 2.44. The molecular formula is C14H6O8. The van der Waals surface area contributed by atoms with Crippen LogP contribution in [-0.2, 0) is 0 Å². The lowest BCUT2D eigenvalue weighted by Gasteiger charge is -2.11. The summed E-state index contributed by atoms with van der Waals surface area (Å²) >= 11 is 0. The molecule has 0 aliphatic rings. The van der Waals surface area contributed by atoms with Gasteiger partial charge in [0.1, 0.15) is 11.1 Å². The zero-order chi connectivity index (χ0) is 15.8. The second-order valence-electron chi connectivity index (χ2n) is 4.76. The highest BCUT2D eigenvalue weighted by atomic mass is 16.5. The van der Waals surface area contributed by atoms with Gasteiger partial charge >= 0.3 is 0 Å². The van der Waals surface area contributed by atoms with E-state index in [1.165, 1.54) is 0 Å². The lowest BCUT2D eigenvalue weighted by Crippen LogP contribution is -2.05. The Kier molecular flexibility index (Phi) is 2.02. The fourth-order valence-corrected chi connectivity index (χ4v) is 2.62. The van der Waals surface area contributed by atoms with E-state index in [4.69, 9.17) is 8.83 Å². The Balaban J connectivity index is 2.57. The lowest BCUT2D eigenvalue weighted by molar-refractivity contribution is 0.338. The predicted molar refractivity (Wildman–Crippen MR) is 73.9 cm³/mol. The van der Waals surface area contributed by atoms with Gasteiger partial charge in [-0.25, -0.2) is 0 Å². The van der Waals surface area contributed by atoms with Gasteiger partial charge in [0.05, 0.1) is 10.8 Å². The van der Waals surface area contributed by atoms with E-state index in [1.54, 1.807) is 0 Å². The van der Waals surface area contributed by atoms with Crippen LogP contribution >= 0.6 is 0 Å². The summed E-state index contributed by atoms with van der Waals surface area (Å²) in [6, 6.07) is 1.74. The summed E-state index contributed by atoms with van der Waals surface area (Å²) in [6.07, 6.45) is 0. The fourth-order valence-electron chi connectivity index (χ4n) is 2.62. The van der Waals surface area contributed by atoms with Gasteiger partial charge < -0.3 is 29.3 Å². The maximum absolute atomic E-state index is 12.0. The SMILES string of the molecule is O=c1c(O)cc2c(O)oc3c(=O)cc(O)c4c(O)oc1c2c43. The summed E-state index contributed by atoms with van der Waals surface area (Å²) in [5.41, 5.74) is -2.53. The predicted octanol–water partition coefficient (Wildman–Crippen LogP) is 1.31. The van der Waals surface area contributed by atoms with Crippen LogP contribution in [0, 0.1) is 0 Å². The van der Waals surface area contributed by atoms with Crippen LogP contribution in [0.2, 0.25) is 0 Å². The number of aromatic hydroxyl groups is 4. The normalized spacial score (nSPS) is 11.8. The minimum Gasteiger partial charge on any atom is -0.507 e. The summed E-state index contributed by atoms with van der Waals surface area (Å²) in [6.45, 7) is 0. The van der Waals surface area contributed by atoms with Crippen LogP contribution in [0.5, 0.6) is 23.4 Å². The summed E-state index contributed by atoms with van der Waals surface area (Å²) < 4.78 is 9.98. The highest BCUT2D eigenvalue weighted by molar-refractivity contribution is 6.22. The molecule has 0 amide bonds. The third-order valence-corrected chi connectivity index (χ3v) is 3.53. The second-order valence-corrected chi connectivity index (χ2v) is 4.76. The van der Waals surface area contributed by atoms with E-state index < -0.39 is 39.8 Å². The molecule has 0 saturated carbocycles. The molecule has 8 nitrogen and oxygen atoms in total. The van der Waals surface area contributed by atoms with E-state index >= 15 is 0 Å². The first-order valence-corrected chi connectivity index (χ1v) is 6.02. The molecule has 0 radical (unpaired) electrons. The molecule has 8 heteroatoms. The number of benzene rings is 2. The van der Waals surface area contributed by atoms with Gasteiger partial charge in [-0.15, -0.1) is 0 Å². The Hall–Kier alpha value is -3.42. The van der Waals surface area contributed by atoms with Gasteiger partial charge in [-0.3, -0.25) is 9.59 Å². The molecule has 2 aromatic carbocycles. The Bertz CT molecular complexity index is 1200. The zero-order valence-corrected chi connectivity index (χ0v) is 10.6. The molecule has 0 fully saturated rings. The van der Waals surface area contributed by atoms with Crippen molar-refractivity contribution in [3.8, 4) is 23.4 Å². The number of phenols is 2. The van der Waals surface area contributed by atoms with Crippen molar-refractivity contribution < 1.29 is 29.3 Å². The molecule has 4 N–H and O–H groups in total. The van der Waals surface area contributed by atoms with Crippen molar-refractivity contribution in [3.63, 3.8) is 0 Å². The molecule has 2 aromatic heterocycles. The van der Waals surface area contributed by atoms with Crippen LogP contribution in [0.1, 0.15) is 0 Å².